The van der Waals surface area contributed by atoms with Crippen molar-refractivity contribution in [1.29, 1.82) is 0 Å². The fraction of sp³-hybridized carbons (Fsp3) is 0.500. The highest BCUT2D eigenvalue weighted by Gasteiger charge is 2.27. The van der Waals surface area contributed by atoms with Crippen LogP contribution in [0.1, 0.15) is 6.42 Å². The molecule has 82 valence electrons. The van der Waals surface area contributed by atoms with Gasteiger partial charge in [-0.15, -0.1) is 0 Å². The van der Waals surface area contributed by atoms with E-state index in [0.29, 0.717) is 11.5 Å². The molecule has 1 aromatic rings. The van der Waals surface area contributed by atoms with Gasteiger partial charge in [0.15, 0.2) is 9.84 Å². The average molecular weight is 226 g/mol. The van der Waals surface area contributed by atoms with Gasteiger partial charge in [-0.25, -0.2) is 8.42 Å². The van der Waals surface area contributed by atoms with Crippen molar-refractivity contribution in [3.05, 3.63) is 24.5 Å². The summed E-state index contributed by atoms with van der Waals surface area (Å²) < 4.78 is 22.4. The molecule has 0 spiro atoms. The van der Waals surface area contributed by atoms with Gasteiger partial charge in [0.05, 0.1) is 11.5 Å². The summed E-state index contributed by atoms with van der Waals surface area (Å²) in [6.45, 7) is 0.725. The van der Waals surface area contributed by atoms with Crippen molar-refractivity contribution in [2.24, 2.45) is 5.92 Å². The Morgan fingerprint density at radius 1 is 1.40 bits per heavy atom. The summed E-state index contributed by atoms with van der Waals surface area (Å²) in [7, 11) is -2.75. The van der Waals surface area contributed by atoms with E-state index in [1.807, 2.05) is 12.1 Å². The molecule has 0 saturated carbocycles. The number of hydrogen-bond donors (Lipinski definition) is 1. The van der Waals surface area contributed by atoms with Crippen LogP contribution in [0.3, 0.4) is 0 Å². The second-order valence-corrected chi connectivity index (χ2v) is 6.11. The molecule has 1 aromatic heterocycles. The summed E-state index contributed by atoms with van der Waals surface area (Å²) in [5.74, 6) is 0.920. The van der Waals surface area contributed by atoms with Crippen molar-refractivity contribution >= 4 is 15.5 Å². The topological polar surface area (TPSA) is 59.1 Å². The minimum Gasteiger partial charge on any atom is -0.385 e. The molecule has 1 saturated heterocycles. The molecule has 15 heavy (non-hydrogen) atoms. The van der Waals surface area contributed by atoms with Crippen LogP contribution in [0.4, 0.5) is 5.69 Å². The van der Waals surface area contributed by atoms with Gasteiger partial charge in [-0.2, -0.15) is 0 Å². The number of rotatable bonds is 3. The lowest BCUT2D eigenvalue weighted by atomic mass is 10.1. The monoisotopic (exact) mass is 226 g/mol. The highest BCUT2D eigenvalue weighted by Crippen LogP contribution is 2.18. The Labute approximate surface area is 89.6 Å². The molecule has 2 heterocycles. The Bertz CT molecular complexity index is 416. The lowest BCUT2D eigenvalue weighted by Gasteiger charge is -2.10. The van der Waals surface area contributed by atoms with E-state index in [1.165, 1.54) is 0 Å². The molecule has 1 atom stereocenters. The number of nitrogens with zero attached hydrogens (tertiary/aromatic N) is 1. The zero-order valence-corrected chi connectivity index (χ0v) is 9.20. The van der Waals surface area contributed by atoms with Crippen molar-refractivity contribution in [1.82, 2.24) is 4.98 Å². The molecule has 1 N–H and O–H groups in total. The smallest absolute Gasteiger partial charge is 0.150 e. The molecule has 4 nitrogen and oxygen atoms in total. The van der Waals surface area contributed by atoms with Crippen LogP contribution >= 0.6 is 0 Å². The highest BCUT2D eigenvalue weighted by atomic mass is 32.2. The quantitative estimate of drug-likeness (QED) is 0.833. The zero-order chi connectivity index (χ0) is 10.7. The first-order chi connectivity index (χ1) is 7.16. The summed E-state index contributed by atoms with van der Waals surface area (Å²) in [6.07, 6.45) is 4.21. The van der Waals surface area contributed by atoms with Crippen molar-refractivity contribution in [3.63, 3.8) is 0 Å². The average Bonchev–Trinajstić information content (AvgIpc) is 2.57. The van der Waals surface area contributed by atoms with Crippen molar-refractivity contribution < 1.29 is 8.42 Å². The normalized spacial score (nSPS) is 23.9. The minimum atomic E-state index is -2.75. The van der Waals surface area contributed by atoms with Gasteiger partial charge < -0.3 is 5.32 Å². The van der Waals surface area contributed by atoms with Gasteiger partial charge >= 0.3 is 0 Å². The fourth-order valence-electron chi connectivity index (χ4n) is 1.76. The maximum absolute atomic E-state index is 11.2. The molecule has 2 rings (SSSR count). The number of aromatic nitrogens is 1. The summed E-state index contributed by atoms with van der Waals surface area (Å²) in [5.41, 5.74) is 0.995. The van der Waals surface area contributed by atoms with Crippen molar-refractivity contribution in [2.45, 2.75) is 6.42 Å². The number of anilines is 1. The summed E-state index contributed by atoms with van der Waals surface area (Å²) in [4.78, 5) is 3.91. The molecular formula is C10H14N2O2S. The second kappa shape index (κ2) is 4.18. The fourth-order valence-corrected chi connectivity index (χ4v) is 3.63. The lowest BCUT2D eigenvalue weighted by Crippen LogP contribution is -2.15. The van der Waals surface area contributed by atoms with Gasteiger partial charge in [0.2, 0.25) is 0 Å². The Hall–Kier alpha value is -1.10. The number of nitrogens with one attached hydrogen (secondary N) is 1. The van der Waals surface area contributed by atoms with Gasteiger partial charge in [0.1, 0.15) is 0 Å². The Balaban J connectivity index is 1.85. The Morgan fingerprint density at radius 2 is 2.13 bits per heavy atom. The first kappa shape index (κ1) is 10.4. The molecule has 0 aliphatic carbocycles. The van der Waals surface area contributed by atoms with E-state index in [4.69, 9.17) is 0 Å². The molecule has 1 aliphatic heterocycles. The van der Waals surface area contributed by atoms with E-state index in [9.17, 15) is 8.42 Å². The van der Waals surface area contributed by atoms with Gasteiger partial charge in [-0.3, -0.25) is 4.98 Å². The summed E-state index contributed by atoms with van der Waals surface area (Å²) in [6, 6.07) is 3.76. The van der Waals surface area contributed by atoms with E-state index >= 15 is 0 Å². The number of hydrogen-bond acceptors (Lipinski definition) is 4. The number of pyridine rings is 1. The van der Waals surface area contributed by atoms with E-state index in [-0.39, 0.29) is 5.92 Å². The summed E-state index contributed by atoms with van der Waals surface area (Å²) in [5, 5.41) is 3.22. The molecule has 1 fully saturated rings. The molecule has 0 radical (unpaired) electrons. The lowest BCUT2D eigenvalue weighted by molar-refractivity contribution is 0.596. The van der Waals surface area contributed by atoms with E-state index < -0.39 is 9.84 Å². The molecular weight excluding hydrogens is 212 g/mol. The van der Waals surface area contributed by atoms with Crippen LogP contribution in [0.25, 0.3) is 0 Å². The SMILES string of the molecule is O=S1(=O)CCC(CNc2ccncc2)C1. The van der Waals surface area contributed by atoms with Crippen molar-refractivity contribution in [2.75, 3.05) is 23.4 Å². The van der Waals surface area contributed by atoms with Crippen molar-refractivity contribution in [3.8, 4) is 0 Å². The van der Waals surface area contributed by atoms with Crippen LogP contribution in [0.15, 0.2) is 24.5 Å². The van der Waals surface area contributed by atoms with Gasteiger partial charge in [-0.05, 0) is 24.5 Å². The van der Waals surface area contributed by atoms with E-state index in [1.54, 1.807) is 12.4 Å². The van der Waals surface area contributed by atoms with Crippen LogP contribution in [-0.4, -0.2) is 31.5 Å². The van der Waals surface area contributed by atoms with Crippen LogP contribution in [0.5, 0.6) is 0 Å². The van der Waals surface area contributed by atoms with E-state index in [2.05, 4.69) is 10.3 Å². The maximum atomic E-state index is 11.2. The summed E-state index contributed by atoms with van der Waals surface area (Å²) >= 11 is 0. The molecule has 1 aliphatic rings. The first-order valence-corrected chi connectivity index (χ1v) is 6.82. The second-order valence-electron chi connectivity index (χ2n) is 3.89. The standard InChI is InChI=1S/C10H14N2O2S/c13-15(14)6-3-9(8-15)7-12-10-1-4-11-5-2-10/h1-2,4-5,9H,3,6-8H2,(H,11,12). The minimum absolute atomic E-state index is 0.253. The first-order valence-electron chi connectivity index (χ1n) is 5.00. The van der Waals surface area contributed by atoms with Crippen LogP contribution < -0.4 is 5.32 Å². The van der Waals surface area contributed by atoms with Gasteiger partial charge in [-0.1, -0.05) is 0 Å². The van der Waals surface area contributed by atoms with Gasteiger partial charge in [0.25, 0.3) is 0 Å². The molecule has 0 bridgehead atoms. The number of sulfone groups is 1. The predicted octanol–water partition coefficient (Wildman–Crippen LogP) is 0.928. The van der Waals surface area contributed by atoms with Crippen LogP contribution in [-0.2, 0) is 9.84 Å². The van der Waals surface area contributed by atoms with E-state index in [0.717, 1.165) is 18.7 Å². The highest BCUT2D eigenvalue weighted by molar-refractivity contribution is 7.91. The zero-order valence-electron chi connectivity index (χ0n) is 8.39. The predicted molar refractivity (Wildman–Crippen MR) is 59.5 cm³/mol. The molecule has 5 heteroatoms. The van der Waals surface area contributed by atoms with Crippen LogP contribution in [0, 0.1) is 5.92 Å². The molecule has 1 unspecified atom stereocenters. The Kier molecular flexibility index (Phi) is 2.90. The Morgan fingerprint density at radius 3 is 2.73 bits per heavy atom. The van der Waals surface area contributed by atoms with Gasteiger partial charge in [0, 0.05) is 24.6 Å². The third-order valence-corrected chi connectivity index (χ3v) is 4.44. The molecule has 0 amide bonds. The van der Waals surface area contributed by atoms with Crippen LogP contribution in [0.2, 0.25) is 0 Å². The third-order valence-electron chi connectivity index (χ3n) is 2.60. The largest absolute Gasteiger partial charge is 0.385 e. The third kappa shape index (κ3) is 2.92. The molecule has 0 aromatic carbocycles. The maximum Gasteiger partial charge on any atom is 0.150 e.